The van der Waals surface area contributed by atoms with Crippen molar-refractivity contribution < 1.29 is 4.39 Å². The van der Waals surface area contributed by atoms with Crippen molar-refractivity contribution in [3.05, 3.63) is 54.5 Å². The first-order chi connectivity index (χ1) is 9.31. The normalized spacial score (nSPS) is 15.2. The Morgan fingerprint density at radius 2 is 2.16 bits per heavy atom. The summed E-state index contributed by atoms with van der Waals surface area (Å²) in [5.41, 5.74) is 2.12. The van der Waals surface area contributed by atoms with E-state index in [4.69, 9.17) is 0 Å². The summed E-state index contributed by atoms with van der Waals surface area (Å²) in [5, 5.41) is 1.07. The Morgan fingerprint density at radius 1 is 1.26 bits per heavy atom. The summed E-state index contributed by atoms with van der Waals surface area (Å²) < 4.78 is 17.7. The van der Waals surface area contributed by atoms with Crippen molar-refractivity contribution in [3.8, 4) is 0 Å². The summed E-state index contributed by atoms with van der Waals surface area (Å²) in [6.07, 6.45) is 8.30. The van der Waals surface area contributed by atoms with Gasteiger partial charge < -0.3 is 9.13 Å². The third-order valence-electron chi connectivity index (χ3n) is 3.75. The van der Waals surface area contributed by atoms with Crippen LogP contribution >= 0.6 is 0 Å². The number of halogens is 1. The molecule has 1 aromatic carbocycles. The zero-order chi connectivity index (χ0) is 12.8. The minimum atomic E-state index is -0.192. The number of nitrogens with zero attached hydrogens (tertiary/aromatic N) is 3. The van der Waals surface area contributed by atoms with E-state index in [0.717, 1.165) is 17.4 Å². The van der Waals surface area contributed by atoms with Crippen LogP contribution in [0.25, 0.3) is 10.9 Å². The number of aromatic nitrogens is 3. The molecule has 1 aliphatic carbocycles. The highest BCUT2D eigenvalue weighted by molar-refractivity contribution is 5.80. The maximum atomic E-state index is 13.4. The molecular formula is C15H14FN3. The molecule has 1 aliphatic rings. The molecule has 96 valence electrons. The van der Waals surface area contributed by atoms with E-state index in [1.54, 1.807) is 6.07 Å². The zero-order valence-electron chi connectivity index (χ0n) is 10.5. The largest absolute Gasteiger partial charge is 0.341 e. The molecule has 3 nitrogen and oxygen atoms in total. The van der Waals surface area contributed by atoms with Gasteiger partial charge in [-0.1, -0.05) is 0 Å². The first kappa shape index (κ1) is 10.8. The van der Waals surface area contributed by atoms with E-state index in [2.05, 4.69) is 14.1 Å². The molecule has 4 rings (SSSR count). The highest BCUT2D eigenvalue weighted by Gasteiger charge is 2.25. The van der Waals surface area contributed by atoms with Crippen LogP contribution in [0, 0.1) is 5.82 Å². The van der Waals surface area contributed by atoms with Crippen LogP contribution in [-0.2, 0) is 6.54 Å². The van der Waals surface area contributed by atoms with Gasteiger partial charge in [0.05, 0.1) is 24.1 Å². The van der Waals surface area contributed by atoms with Crippen molar-refractivity contribution in [3.63, 3.8) is 0 Å². The lowest BCUT2D eigenvalue weighted by atomic mass is 10.2. The molecule has 4 heteroatoms. The Labute approximate surface area is 110 Å². The van der Waals surface area contributed by atoms with Gasteiger partial charge in [-0.3, -0.25) is 0 Å². The van der Waals surface area contributed by atoms with Crippen molar-refractivity contribution in [2.24, 2.45) is 0 Å². The Hall–Kier alpha value is -2.10. The lowest BCUT2D eigenvalue weighted by Crippen LogP contribution is -2.05. The highest BCUT2D eigenvalue weighted by atomic mass is 19.1. The Kier molecular flexibility index (Phi) is 2.24. The van der Waals surface area contributed by atoms with Gasteiger partial charge in [0.15, 0.2) is 0 Å². The van der Waals surface area contributed by atoms with Gasteiger partial charge in [-0.05, 0) is 42.5 Å². The Balaban J connectivity index is 1.74. The molecule has 0 radical (unpaired) electrons. The third-order valence-corrected chi connectivity index (χ3v) is 3.75. The monoisotopic (exact) mass is 255 g/mol. The Bertz CT molecular complexity index is 737. The summed E-state index contributed by atoms with van der Waals surface area (Å²) in [6.45, 7) is 0.740. The smallest absolute Gasteiger partial charge is 0.125 e. The van der Waals surface area contributed by atoms with Gasteiger partial charge >= 0.3 is 0 Å². The standard InChI is InChI=1S/C15H14FN3/c16-12-2-1-11-5-6-18(15(11)7-12)9-14-8-17-10-19(14)13-3-4-13/h1-2,5-8,10,13H,3-4,9H2. The maximum absolute atomic E-state index is 13.4. The molecule has 0 bridgehead atoms. The fourth-order valence-electron chi connectivity index (χ4n) is 2.61. The van der Waals surface area contributed by atoms with Crippen LogP contribution in [0.3, 0.4) is 0 Å². The molecule has 0 unspecified atom stereocenters. The molecule has 3 aromatic rings. The lowest BCUT2D eigenvalue weighted by Gasteiger charge is -2.09. The molecule has 0 spiro atoms. The van der Waals surface area contributed by atoms with Gasteiger partial charge in [-0.25, -0.2) is 9.37 Å². The van der Waals surface area contributed by atoms with Crippen LogP contribution < -0.4 is 0 Å². The van der Waals surface area contributed by atoms with Gasteiger partial charge in [0.25, 0.3) is 0 Å². The molecule has 1 fully saturated rings. The fourth-order valence-corrected chi connectivity index (χ4v) is 2.61. The number of hydrogen-bond donors (Lipinski definition) is 0. The highest BCUT2D eigenvalue weighted by Crippen LogP contribution is 2.35. The van der Waals surface area contributed by atoms with E-state index in [1.807, 2.05) is 30.9 Å². The van der Waals surface area contributed by atoms with Crippen molar-refractivity contribution in [2.45, 2.75) is 25.4 Å². The van der Waals surface area contributed by atoms with Gasteiger partial charge in [0, 0.05) is 18.4 Å². The van der Waals surface area contributed by atoms with E-state index in [9.17, 15) is 4.39 Å². The van der Waals surface area contributed by atoms with Gasteiger partial charge in [0.2, 0.25) is 0 Å². The van der Waals surface area contributed by atoms with Crippen LogP contribution in [0.5, 0.6) is 0 Å². The minimum Gasteiger partial charge on any atom is -0.341 e. The van der Waals surface area contributed by atoms with E-state index < -0.39 is 0 Å². The van der Waals surface area contributed by atoms with Gasteiger partial charge in [-0.2, -0.15) is 0 Å². The van der Waals surface area contributed by atoms with Crippen LogP contribution in [0.2, 0.25) is 0 Å². The lowest BCUT2D eigenvalue weighted by molar-refractivity contribution is 0.627. The van der Waals surface area contributed by atoms with Crippen molar-refractivity contribution >= 4 is 10.9 Å². The maximum Gasteiger partial charge on any atom is 0.125 e. The molecule has 2 aromatic heterocycles. The van der Waals surface area contributed by atoms with Gasteiger partial charge in [0.1, 0.15) is 5.82 Å². The molecule has 0 amide bonds. The second-order valence-corrected chi connectivity index (χ2v) is 5.17. The number of rotatable bonds is 3. The molecule has 0 N–H and O–H groups in total. The predicted molar refractivity (Wildman–Crippen MR) is 71.5 cm³/mol. The number of hydrogen-bond acceptors (Lipinski definition) is 1. The number of benzene rings is 1. The first-order valence-electron chi connectivity index (χ1n) is 6.56. The summed E-state index contributed by atoms with van der Waals surface area (Å²) >= 11 is 0. The van der Waals surface area contributed by atoms with E-state index in [1.165, 1.54) is 24.6 Å². The second kappa shape index (κ2) is 3.95. The molecule has 19 heavy (non-hydrogen) atoms. The van der Waals surface area contributed by atoms with Crippen LogP contribution in [0.1, 0.15) is 24.6 Å². The summed E-state index contributed by atoms with van der Waals surface area (Å²) in [7, 11) is 0. The molecule has 2 heterocycles. The average molecular weight is 255 g/mol. The van der Waals surface area contributed by atoms with Crippen LogP contribution in [0.15, 0.2) is 43.0 Å². The molecule has 0 saturated heterocycles. The van der Waals surface area contributed by atoms with E-state index in [-0.39, 0.29) is 5.82 Å². The summed E-state index contributed by atoms with van der Waals surface area (Å²) in [5.74, 6) is -0.192. The van der Waals surface area contributed by atoms with E-state index >= 15 is 0 Å². The second-order valence-electron chi connectivity index (χ2n) is 5.17. The zero-order valence-corrected chi connectivity index (χ0v) is 10.5. The number of fused-ring (bicyclic) bond motifs is 1. The predicted octanol–water partition coefficient (Wildman–Crippen LogP) is 3.36. The first-order valence-corrected chi connectivity index (χ1v) is 6.56. The quantitative estimate of drug-likeness (QED) is 0.703. The van der Waals surface area contributed by atoms with Crippen molar-refractivity contribution in [2.75, 3.05) is 0 Å². The third kappa shape index (κ3) is 1.84. The topological polar surface area (TPSA) is 22.8 Å². The van der Waals surface area contributed by atoms with Crippen LogP contribution in [-0.4, -0.2) is 14.1 Å². The summed E-state index contributed by atoms with van der Waals surface area (Å²) in [6, 6.07) is 7.55. The van der Waals surface area contributed by atoms with E-state index in [0.29, 0.717) is 6.04 Å². The molecular weight excluding hydrogens is 241 g/mol. The fraction of sp³-hybridized carbons (Fsp3) is 0.267. The van der Waals surface area contributed by atoms with Crippen molar-refractivity contribution in [1.82, 2.24) is 14.1 Å². The SMILES string of the molecule is Fc1ccc2ccn(Cc3cncn3C3CC3)c2c1. The molecule has 1 saturated carbocycles. The van der Waals surface area contributed by atoms with Crippen LogP contribution in [0.4, 0.5) is 4.39 Å². The average Bonchev–Trinajstić information content (AvgIpc) is 3.03. The molecule has 0 aliphatic heterocycles. The van der Waals surface area contributed by atoms with Gasteiger partial charge in [-0.15, -0.1) is 0 Å². The van der Waals surface area contributed by atoms with Crippen molar-refractivity contribution in [1.29, 1.82) is 0 Å². The summed E-state index contributed by atoms with van der Waals surface area (Å²) in [4.78, 5) is 4.24. The minimum absolute atomic E-state index is 0.192. The Morgan fingerprint density at radius 3 is 3.00 bits per heavy atom. The molecule has 0 atom stereocenters. The number of imidazole rings is 1.